The largest absolute Gasteiger partial charge is 0.352 e. The summed E-state index contributed by atoms with van der Waals surface area (Å²) in [4.78, 5) is 0. The Morgan fingerprint density at radius 3 is 2.11 bits per heavy atom. The Bertz CT molecular complexity index is 602. The number of nitrogens with one attached hydrogen (secondary N) is 1. The number of benzene rings is 1. The molecule has 1 N–H and O–H groups in total. The number of hydrogen-bond acceptors (Lipinski definition) is 3. The van der Waals surface area contributed by atoms with Gasteiger partial charge in [0.1, 0.15) is 0 Å². The summed E-state index contributed by atoms with van der Waals surface area (Å²) in [5.41, 5.74) is 1.01. The van der Waals surface area contributed by atoms with Gasteiger partial charge < -0.3 is 5.32 Å². The topological polar surface area (TPSA) is 37.8 Å². The van der Waals surface area contributed by atoms with Crippen molar-refractivity contribution < 1.29 is 0 Å². The molecule has 0 aliphatic heterocycles. The van der Waals surface area contributed by atoms with E-state index in [1.165, 1.54) is 12.1 Å². The van der Waals surface area contributed by atoms with Crippen LogP contribution in [0.3, 0.4) is 0 Å². The summed E-state index contributed by atoms with van der Waals surface area (Å²) in [5, 5.41) is 11.7. The van der Waals surface area contributed by atoms with Gasteiger partial charge in [-0.3, -0.25) is 0 Å². The second-order valence-corrected chi connectivity index (χ2v) is 5.21. The Morgan fingerprint density at radius 2 is 1.39 bits per heavy atom. The van der Waals surface area contributed by atoms with Gasteiger partial charge in [-0.2, -0.15) is 0 Å². The lowest BCUT2D eigenvalue weighted by atomic mass is 10.3. The maximum atomic E-state index is 6.03. The molecule has 0 aliphatic carbocycles. The molecule has 0 saturated carbocycles. The van der Waals surface area contributed by atoms with Crippen molar-refractivity contribution in [1.29, 1.82) is 0 Å². The van der Waals surface area contributed by atoms with Gasteiger partial charge in [-0.15, -0.1) is 10.2 Å². The lowest BCUT2D eigenvalue weighted by Crippen LogP contribution is -1.95. The normalized spacial score (nSPS) is 10.5. The minimum absolute atomic E-state index is 0.168. The molecular formula is C10H4Cl5N3. The van der Waals surface area contributed by atoms with Gasteiger partial charge in [0.15, 0.2) is 10.3 Å². The van der Waals surface area contributed by atoms with Crippen molar-refractivity contribution >= 4 is 69.4 Å². The maximum absolute atomic E-state index is 6.03. The third-order valence-corrected chi connectivity index (χ3v) is 3.50. The van der Waals surface area contributed by atoms with Crippen molar-refractivity contribution in [1.82, 2.24) is 10.2 Å². The molecule has 8 heteroatoms. The first kappa shape index (κ1) is 14.0. The molecule has 1 aromatic carbocycles. The van der Waals surface area contributed by atoms with E-state index in [9.17, 15) is 0 Å². The molecule has 0 spiro atoms. The van der Waals surface area contributed by atoms with Gasteiger partial charge in [-0.1, -0.05) is 58.0 Å². The molecule has 94 valence electrons. The Labute approximate surface area is 128 Å². The summed E-state index contributed by atoms with van der Waals surface area (Å²) in [6.45, 7) is 0. The molecule has 1 aromatic heterocycles. The highest BCUT2D eigenvalue weighted by Gasteiger charge is 2.09. The SMILES string of the molecule is Clc1cc(Nc2cc(Cl)c(Cl)cc2Cl)c(Cl)nn1. The summed E-state index contributed by atoms with van der Waals surface area (Å²) in [6, 6.07) is 4.63. The molecule has 0 amide bonds. The van der Waals surface area contributed by atoms with Crippen LogP contribution in [0.2, 0.25) is 25.4 Å². The lowest BCUT2D eigenvalue weighted by Gasteiger charge is -2.10. The van der Waals surface area contributed by atoms with E-state index in [2.05, 4.69) is 15.5 Å². The van der Waals surface area contributed by atoms with Crippen LogP contribution in [0.5, 0.6) is 0 Å². The molecule has 0 saturated heterocycles. The minimum Gasteiger partial charge on any atom is -0.352 e. The van der Waals surface area contributed by atoms with Crippen LogP contribution < -0.4 is 5.32 Å². The average molecular weight is 343 g/mol. The Balaban J connectivity index is 2.40. The first-order chi connectivity index (χ1) is 8.47. The number of hydrogen-bond donors (Lipinski definition) is 1. The van der Waals surface area contributed by atoms with Gasteiger partial charge >= 0.3 is 0 Å². The fraction of sp³-hybridized carbons (Fsp3) is 0. The van der Waals surface area contributed by atoms with E-state index >= 15 is 0 Å². The van der Waals surface area contributed by atoms with E-state index in [1.54, 1.807) is 6.07 Å². The number of anilines is 2. The second-order valence-electron chi connectivity index (χ2n) is 3.24. The van der Waals surface area contributed by atoms with E-state index in [4.69, 9.17) is 58.0 Å². The second kappa shape index (κ2) is 5.68. The van der Waals surface area contributed by atoms with E-state index in [0.29, 0.717) is 26.4 Å². The standard InChI is InChI=1S/C10H4Cl5N3/c11-4-1-6(13)7(2-5(4)12)16-8-3-9(14)17-18-10(8)15/h1-3H,(H,16,17). The minimum atomic E-state index is 0.168. The van der Waals surface area contributed by atoms with Crippen molar-refractivity contribution in [2.24, 2.45) is 0 Å². The van der Waals surface area contributed by atoms with Crippen LogP contribution in [0.25, 0.3) is 0 Å². The summed E-state index contributed by atoms with van der Waals surface area (Å²) in [6.07, 6.45) is 0. The fourth-order valence-electron chi connectivity index (χ4n) is 1.20. The molecule has 0 unspecified atom stereocenters. The first-order valence-corrected chi connectivity index (χ1v) is 6.46. The van der Waals surface area contributed by atoms with Crippen molar-refractivity contribution in [2.75, 3.05) is 5.32 Å². The molecule has 0 bridgehead atoms. The van der Waals surface area contributed by atoms with E-state index in [1.807, 2.05) is 0 Å². The zero-order chi connectivity index (χ0) is 13.3. The number of nitrogens with zero attached hydrogens (tertiary/aromatic N) is 2. The molecule has 0 fully saturated rings. The highest BCUT2D eigenvalue weighted by molar-refractivity contribution is 6.44. The molecule has 1 heterocycles. The summed E-state index contributed by atoms with van der Waals surface area (Å²) in [7, 11) is 0. The predicted octanol–water partition coefficient (Wildman–Crippen LogP) is 5.49. The van der Waals surface area contributed by atoms with Crippen molar-refractivity contribution in [2.45, 2.75) is 0 Å². The molecule has 0 aliphatic rings. The van der Waals surface area contributed by atoms with Gasteiger partial charge in [0.05, 0.1) is 26.4 Å². The van der Waals surface area contributed by atoms with Crippen LogP contribution in [0, 0.1) is 0 Å². The summed E-state index contributed by atoms with van der Waals surface area (Å²) in [5.74, 6) is 0. The number of halogens is 5. The fourth-order valence-corrected chi connectivity index (χ4v) is 2.08. The highest BCUT2D eigenvalue weighted by atomic mass is 35.5. The average Bonchev–Trinajstić information content (AvgIpc) is 2.30. The highest BCUT2D eigenvalue weighted by Crippen LogP contribution is 2.35. The molecule has 0 radical (unpaired) electrons. The zero-order valence-corrected chi connectivity index (χ0v) is 12.3. The molecule has 2 aromatic rings. The monoisotopic (exact) mass is 341 g/mol. The Kier molecular flexibility index (Phi) is 4.41. The maximum Gasteiger partial charge on any atom is 0.175 e. The Morgan fingerprint density at radius 1 is 0.722 bits per heavy atom. The molecular weight excluding hydrogens is 339 g/mol. The summed E-state index contributed by atoms with van der Waals surface area (Å²) >= 11 is 29.4. The van der Waals surface area contributed by atoms with E-state index in [0.717, 1.165) is 0 Å². The molecule has 3 nitrogen and oxygen atoms in total. The predicted molar refractivity (Wildman–Crippen MR) is 76.8 cm³/mol. The first-order valence-electron chi connectivity index (χ1n) is 4.57. The van der Waals surface area contributed by atoms with Gasteiger partial charge in [0, 0.05) is 6.07 Å². The zero-order valence-electron chi connectivity index (χ0n) is 8.52. The Hall–Kier alpha value is -0.450. The number of rotatable bonds is 2. The molecule has 2 rings (SSSR count). The van der Waals surface area contributed by atoms with Crippen molar-refractivity contribution in [3.05, 3.63) is 43.6 Å². The van der Waals surface area contributed by atoms with Crippen LogP contribution in [0.15, 0.2) is 18.2 Å². The molecule has 0 atom stereocenters. The van der Waals surface area contributed by atoms with Crippen LogP contribution >= 0.6 is 58.0 Å². The lowest BCUT2D eigenvalue weighted by molar-refractivity contribution is 1.03. The van der Waals surface area contributed by atoms with E-state index < -0.39 is 0 Å². The van der Waals surface area contributed by atoms with Crippen LogP contribution in [0.1, 0.15) is 0 Å². The van der Waals surface area contributed by atoms with Gasteiger partial charge in [0.25, 0.3) is 0 Å². The number of aromatic nitrogens is 2. The van der Waals surface area contributed by atoms with Crippen molar-refractivity contribution in [3.8, 4) is 0 Å². The quantitative estimate of drug-likeness (QED) is 0.733. The van der Waals surface area contributed by atoms with Crippen LogP contribution in [-0.2, 0) is 0 Å². The van der Waals surface area contributed by atoms with E-state index in [-0.39, 0.29) is 10.3 Å². The summed E-state index contributed by atoms with van der Waals surface area (Å²) < 4.78 is 0. The smallest absolute Gasteiger partial charge is 0.175 e. The molecule has 18 heavy (non-hydrogen) atoms. The van der Waals surface area contributed by atoms with Crippen LogP contribution in [0.4, 0.5) is 11.4 Å². The third kappa shape index (κ3) is 3.11. The van der Waals surface area contributed by atoms with Crippen molar-refractivity contribution in [3.63, 3.8) is 0 Å². The van der Waals surface area contributed by atoms with Gasteiger partial charge in [-0.25, -0.2) is 0 Å². The van der Waals surface area contributed by atoms with Crippen LogP contribution in [-0.4, -0.2) is 10.2 Å². The van der Waals surface area contributed by atoms with Gasteiger partial charge in [0.2, 0.25) is 0 Å². The van der Waals surface area contributed by atoms with Gasteiger partial charge in [-0.05, 0) is 12.1 Å². The third-order valence-electron chi connectivity index (χ3n) is 2.00.